The van der Waals surface area contributed by atoms with Gasteiger partial charge in [0, 0.05) is 69.7 Å². The summed E-state index contributed by atoms with van der Waals surface area (Å²) in [6, 6.07) is 1.81. The van der Waals surface area contributed by atoms with E-state index in [1.165, 1.54) is 0 Å². The molecule has 3 N–H and O–H groups in total. The maximum Gasteiger partial charge on any atom is 0.321 e. The van der Waals surface area contributed by atoms with Gasteiger partial charge in [-0.3, -0.25) is 4.68 Å². The summed E-state index contributed by atoms with van der Waals surface area (Å²) >= 11 is 0. The van der Waals surface area contributed by atoms with Gasteiger partial charge in [0.15, 0.2) is 0 Å². The minimum Gasteiger partial charge on any atom is -0.474 e. The summed E-state index contributed by atoms with van der Waals surface area (Å²) < 4.78 is 13.4. The van der Waals surface area contributed by atoms with Crippen molar-refractivity contribution in [2.75, 3.05) is 42.8 Å². The average Bonchev–Trinajstić information content (AvgIpc) is 3.25. The van der Waals surface area contributed by atoms with E-state index in [2.05, 4.69) is 32.2 Å². The summed E-state index contributed by atoms with van der Waals surface area (Å²) in [6.07, 6.45) is 7.97. The third-order valence-corrected chi connectivity index (χ3v) is 6.46. The van der Waals surface area contributed by atoms with Crippen LogP contribution in [0.25, 0.3) is 11.3 Å². The maximum absolute atomic E-state index is 12.6. The molecule has 3 aromatic heterocycles. The zero-order valence-corrected chi connectivity index (χ0v) is 20.5. The van der Waals surface area contributed by atoms with E-state index in [0.29, 0.717) is 55.8 Å². The number of rotatable bonds is 6. The number of aryl methyl sites for hydroxylation is 1. The van der Waals surface area contributed by atoms with Crippen LogP contribution in [-0.4, -0.2) is 85.6 Å². The topological polar surface area (TPSA) is 149 Å². The number of anilines is 3. The Kier molecular flexibility index (Phi) is 6.55. The van der Waals surface area contributed by atoms with Crippen molar-refractivity contribution in [3.63, 3.8) is 0 Å². The maximum atomic E-state index is 12.6. The van der Waals surface area contributed by atoms with E-state index in [-0.39, 0.29) is 30.2 Å². The second-order valence-corrected chi connectivity index (χ2v) is 9.15. The second kappa shape index (κ2) is 9.93. The van der Waals surface area contributed by atoms with Gasteiger partial charge >= 0.3 is 6.03 Å². The predicted molar refractivity (Wildman–Crippen MR) is 133 cm³/mol. The minimum absolute atomic E-state index is 0.0657. The molecule has 0 bridgehead atoms. The molecular formula is C23H30N10O3. The first-order valence-electron chi connectivity index (χ1n) is 11.9. The summed E-state index contributed by atoms with van der Waals surface area (Å²) in [5.74, 6) is 1.24. The van der Waals surface area contributed by atoms with E-state index in [0.717, 1.165) is 5.56 Å². The summed E-state index contributed by atoms with van der Waals surface area (Å²) in [7, 11) is 3.59. The van der Waals surface area contributed by atoms with E-state index in [1.54, 1.807) is 54.5 Å². The molecule has 1 atom stereocenters. The standard InChI is InChI=1S/C23H30N10O3/c1-14-13-35-5-4-33(14)22-29-19(15-9-25-21(24)26-10-15)8-20(30-22)36-18-6-17(7-18)32(3)23(34)28-16-11-27-31(2)12-16/h8-12,14,17-18H,4-7,13H2,1-3H3,(H,28,34)(H2,24,25,26)/t14-,17-,18-/m0/s1. The molecule has 36 heavy (non-hydrogen) atoms. The monoisotopic (exact) mass is 494 g/mol. The Labute approximate surface area is 208 Å². The summed E-state index contributed by atoms with van der Waals surface area (Å²) in [5.41, 5.74) is 7.68. The molecule has 0 unspecified atom stereocenters. The molecule has 1 saturated heterocycles. The number of carbonyl (C=O) groups excluding carboxylic acids is 1. The van der Waals surface area contributed by atoms with E-state index in [4.69, 9.17) is 25.2 Å². The van der Waals surface area contributed by atoms with Gasteiger partial charge in [-0.25, -0.2) is 19.7 Å². The molecule has 1 saturated carbocycles. The molecule has 0 spiro atoms. The van der Waals surface area contributed by atoms with Crippen molar-refractivity contribution in [2.45, 2.75) is 38.0 Å². The van der Waals surface area contributed by atoms with Crippen molar-refractivity contribution in [1.82, 2.24) is 34.6 Å². The van der Waals surface area contributed by atoms with Crippen LogP contribution in [0.15, 0.2) is 30.9 Å². The highest BCUT2D eigenvalue weighted by atomic mass is 16.5. The third-order valence-electron chi connectivity index (χ3n) is 6.46. The van der Waals surface area contributed by atoms with Crippen molar-refractivity contribution < 1.29 is 14.3 Å². The number of carbonyl (C=O) groups is 1. The molecule has 13 heteroatoms. The zero-order chi connectivity index (χ0) is 25.2. The van der Waals surface area contributed by atoms with Gasteiger partial charge in [-0.15, -0.1) is 0 Å². The first-order valence-corrected chi connectivity index (χ1v) is 11.9. The first kappa shape index (κ1) is 23.7. The van der Waals surface area contributed by atoms with Gasteiger partial charge < -0.3 is 30.3 Å². The van der Waals surface area contributed by atoms with Gasteiger partial charge in [-0.05, 0) is 6.92 Å². The fourth-order valence-electron chi connectivity index (χ4n) is 4.23. The Hall–Kier alpha value is -4.00. The van der Waals surface area contributed by atoms with E-state index in [9.17, 15) is 4.79 Å². The zero-order valence-electron chi connectivity index (χ0n) is 20.5. The Morgan fingerprint density at radius 3 is 2.72 bits per heavy atom. The molecule has 13 nitrogen and oxygen atoms in total. The molecule has 0 radical (unpaired) electrons. The van der Waals surface area contributed by atoms with Gasteiger partial charge in [0.25, 0.3) is 0 Å². The Morgan fingerprint density at radius 2 is 2.03 bits per heavy atom. The highest BCUT2D eigenvalue weighted by Crippen LogP contribution is 2.32. The summed E-state index contributed by atoms with van der Waals surface area (Å²) in [6.45, 7) is 3.97. The van der Waals surface area contributed by atoms with Gasteiger partial charge in [0.05, 0.1) is 36.8 Å². The van der Waals surface area contributed by atoms with Gasteiger partial charge in [0.1, 0.15) is 6.10 Å². The average molecular weight is 495 g/mol. The largest absolute Gasteiger partial charge is 0.474 e. The van der Waals surface area contributed by atoms with Crippen molar-refractivity contribution in [1.29, 1.82) is 0 Å². The predicted octanol–water partition coefficient (Wildman–Crippen LogP) is 1.55. The Bertz CT molecular complexity index is 1210. The number of nitrogens with one attached hydrogen (secondary N) is 1. The number of morpholine rings is 1. The molecule has 5 rings (SSSR count). The van der Waals surface area contributed by atoms with Gasteiger partial charge in [0.2, 0.25) is 17.8 Å². The molecule has 2 aliphatic rings. The molecule has 2 amide bonds. The SMILES string of the molecule is C[C@H]1COCCN1c1nc(O[C@H]2C[C@H](N(C)C(=O)Nc3cnn(C)c3)C2)cc(-c2cnc(N)nc2)n1. The quantitative estimate of drug-likeness (QED) is 0.517. The van der Waals surface area contributed by atoms with Crippen LogP contribution in [-0.2, 0) is 11.8 Å². The summed E-state index contributed by atoms with van der Waals surface area (Å²) in [4.78, 5) is 34.0. The molecule has 1 aliphatic carbocycles. The Balaban J connectivity index is 1.28. The lowest BCUT2D eigenvalue weighted by Crippen LogP contribution is -2.51. The van der Waals surface area contributed by atoms with E-state index < -0.39 is 0 Å². The normalized spacial score (nSPS) is 21.5. The highest BCUT2D eigenvalue weighted by Gasteiger charge is 2.36. The molecular weight excluding hydrogens is 464 g/mol. The number of ether oxygens (including phenoxy) is 2. The lowest BCUT2D eigenvalue weighted by molar-refractivity contribution is 0.0430. The van der Waals surface area contributed by atoms with Gasteiger partial charge in [-0.1, -0.05) is 0 Å². The van der Waals surface area contributed by atoms with Crippen molar-refractivity contribution >= 4 is 23.6 Å². The Morgan fingerprint density at radius 1 is 1.25 bits per heavy atom. The van der Waals surface area contributed by atoms with Crippen molar-refractivity contribution in [3.05, 3.63) is 30.9 Å². The molecule has 190 valence electrons. The van der Waals surface area contributed by atoms with Crippen molar-refractivity contribution in [3.8, 4) is 17.1 Å². The molecule has 0 aromatic carbocycles. The number of nitrogens with two attached hydrogens (primary N) is 1. The van der Waals surface area contributed by atoms with Gasteiger partial charge in [-0.2, -0.15) is 10.1 Å². The third kappa shape index (κ3) is 5.15. The molecule has 3 aromatic rings. The van der Waals surface area contributed by atoms with Crippen LogP contribution in [0, 0.1) is 0 Å². The van der Waals surface area contributed by atoms with Crippen LogP contribution in [0.4, 0.5) is 22.4 Å². The van der Waals surface area contributed by atoms with Crippen molar-refractivity contribution in [2.24, 2.45) is 7.05 Å². The van der Waals surface area contributed by atoms with Crippen LogP contribution < -0.4 is 20.7 Å². The van der Waals surface area contributed by atoms with Crippen LogP contribution in [0.5, 0.6) is 5.88 Å². The number of amides is 2. The number of nitrogens with zero attached hydrogens (tertiary/aromatic N) is 8. The second-order valence-electron chi connectivity index (χ2n) is 9.15. The highest BCUT2D eigenvalue weighted by molar-refractivity contribution is 5.89. The fraction of sp³-hybridized carbons (Fsp3) is 0.478. The lowest BCUT2D eigenvalue weighted by Gasteiger charge is -2.40. The fourth-order valence-corrected chi connectivity index (χ4v) is 4.23. The smallest absolute Gasteiger partial charge is 0.321 e. The molecule has 4 heterocycles. The number of urea groups is 1. The van der Waals surface area contributed by atoms with Crippen LogP contribution in [0.1, 0.15) is 19.8 Å². The summed E-state index contributed by atoms with van der Waals surface area (Å²) in [5, 5.41) is 6.93. The van der Waals surface area contributed by atoms with E-state index >= 15 is 0 Å². The molecule has 2 fully saturated rings. The number of hydrogen-bond donors (Lipinski definition) is 2. The minimum atomic E-state index is -0.178. The van der Waals surface area contributed by atoms with Crippen LogP contribution >= 0.6 is 0 Å². The lowest BCUT2D eigenvalue weighted by atomic mass is 9.88. The first-order chi connectivity index (χ1) is 17.4. The number of nitrogen functional groups attached to an aromatic ring is 1. The van der Waals surface area contributed by atoms with Crippen LogP contribution in [0.3, 0.4) is 0 Å². The number of aromatic nitrogens is 6. The number of hydrogen-bond acceptors (Lipinski definition) is 10. The van der Waals surface area contributed by atoms with Crippen LogP contribution in [0.2, 0.25) is 0 Å². The molecule has 1 aliphatic heterocycles. The van der Waals surface area contributed by atoms with E-state index in [1.807, 2.05) is 0 Å².